The Balaban J connectivity index is 1.14. The Kier molecular flexibility index (Phi) is 6.84. The maximum absolute atomic E-state index is 12.6. The smallest absolute Gasteiger partial charge is 0.267 e. The Labute approximate surface area is 186 Å². The topological polar surface area (TPSA) is 81.3 Å². The number of nitrogens with one attached hydrogen (secondary N) is 2. The highest BCUT2D eigenvalue weighted by Crippen LogP contribution is 2.15. The number of hydrogen-bond acceptors (Lipinski definition) is 4. The Bertz CT molecular complexity index is 1030. The summed E-state index contributed by atoms with van der Waals surface area (Å²) in [6.07, 6.45) is 5.35. The third-order valence-electron chi connectivity index (χ3n) is 5.58. The number of nitrogens with zero attached hydrogens (tertiary/aromatic N) is 3. The van der Waals surface area contributed by atoms with Gasteiger partial charge in [-0.25, -0.2) is 0 Å². The summed E-state index contributed by atoms with van der Waals surface area (Å²) in [6, 6.07) is 10.8. The molecule has 0 saturated carbocycles. The minimum Gasteiger partial charge on any atom is -0.351 e. The highest BCUT2D eigenvalue weighted by Gasteiger charge is 2.22. The molecule has 0 unspecified atom stereocenters. The van der Waals surface area contributed by atoms with E-state index in [1.165, 1.54) is 0 Å². The molecule has 0 atom stereocenters. The largest absolute Gasteiger partial charge is 0.351 e. The highest BCUT2D eigenvalue weighted by atomic mass is 35.5. The molecule has 2 amide bonds. The molecule has 7 nitrogen and oxygen atoms in total. The molecule has 8 heteroatoms. The second kappa shape index (κ2) is 9.94. The van der Waals surface area contributed by atoms with Crippen molar-refractivity contribution in [2.75, 3.05) is 39.3 Å². The van der Waals surface area contributed by atoms with Gasteiger partial charge in [-0.05, 0) is 49.7 Å². The van der Waals surface area contributed by atoms with Crippen LogP contribution in [0.4, 0.5) is 0 Å². The van der Waals surface area contributed by atoms with Crippen molar-refractivity contribution >= 4 is 34.3 Å². The fraction of sp³-hybridized carbons (Fsp3) is 0.348. The lowest BCUT2D eigenvalue weighted by molar-refractivity contribution is 0.0635. The Morgan fingerprint density at radius 1 is 1.10 bits per heavy atom. The van der Waals surface area contributed by atoms with Gasteiger partial charge in [-0.15, -0.1) is 0 Å². The molecule has 1 aliphatic rings. The van der Waals surface area contributed by atoms with Crippen LogP contribution in [0.3, 0.4) is 0 Å². The monoisotopic (exact) mass is 439 g/mol. The second-order valence-electron chi connectivity index (χ2n) is 7.75. The van der Waals surface area contributed by atoms with Crippen LogP contribution in [-0.4, -0.2) is 70.9 Å². The molecule has 162 valence electrons. The van der Waals surface area contributed by atoms with Crippen molar-refractivity contribution in [2.24, 2.45) is 0 Å². The maximum Gasteiger partial charge on any atom is 0.267 e. The molecule has 1 fully saturated rings. The van der Waals surface area contributed by atoms with E-state index < -0.39 is 0 Å². The number of hydrogen-bond donors (Lipinski definition) is 2. The van der Waals surface area contributed by atoms with Gasteiger partial charge in [-0.3, -0.25) is 19.5 Å². The fourth-order valence-electron chi connectivity index (χ4n) is 3.83. The number of unbranched alkanes of at least 4 members (excludes halogenated alkanes) is 1. The summed E-state index contributed by atoms with van der Waals surface area (Å²) < 4.78 is 0. The zero-order valence-corrected chi connectivity index (χ0v) is 18.1. The van der Waals surface area contributed by atoms with Crippen LogP contribution in [0.5, 0.6) is 0 Å². The standard InChI is InChI=1S/C23H26ClN5O2/c24-19-5-3-4-17(14-19)23(31)29-12-10-28(11-13-29)9-2-1-7-26-22(30)21-15-18-16-25-8-6-20(18)27-21/h3-6,8,14-16,27H,1-2,7,9-13H2,(H,26,30). The van der Waals surface area contributed by atoms with Crippen LogP contribution in [0.2, 0.25) is 5.02 Å². The highest BCUT2D eigenvalue weighted by molar-refractivity contribution is 6.30. The number of aromatic nitrogens is 2. The molecule has 1 aliphatic heterocycles. The van der Waals surface area contributed by atoms with Gasteiger partial charge in [0.25, 0.3) is 11.8 Å². The minimum absolute atomic E-state index is 0.0395. The summed E-state index contributed by atoms with van der Waals surface area (Å²) in [5.74, 6) is -0.0537. The molecule has 0 bridgehead atoms. The predicted octanol–water partition coefficient (Wildman–Crippen LogP) is 3.18. The van der Waals surface area contributed by atoms with E-state index in [2.05, 4.69) is 20.2 Å². The van der Waals surface area contributed by atoms with Gasteiger partial charge in [0.1, 0.15) is 5.69 Å². The quantitative estimate of drug-likeness (QED) is 0.554. The summed E-state index contributed by atoms with van der Waals surface area (Å²) in [4.78, 5) is 36.3. The summed E-state index contributed by atoms with van der Waals surface area (Å²) >= 11 is 6.00. The van der Waals surface area contributed by atoms with Crippen LogP contribution in [0.1, 0.15) is 33.7 Å². The number of rotatable bonds is 7. The average Bonchev–Trinajstić information content (AvgIpc) is 3.23. The van der Waals surface area contributed by atoms with E-state index >= 15 is 0 Å². The number of fused-ring (bicyclic) bond motifs is 1. The Morgan fingerprint density at radius 3 is 2.71 bits per heavy atom. The number of aromatic amines is 1. The van der Waals surface area contributed by atoms with Crippen molar-refractivity contribution in [3.05, 3.63) is 65.1 Å². The first-order chi connectivity index (χ1) is 15.1. The maximum atomic E-state index is 12.6. The second-order valence-corrected chi connectivity index (χ2v) is 8.19. The minimum atomic E-state index is -0.0932. The lowest BCUT2D eigenvalue weighted by atomic mass is 10.1. The van der Waals surface area contributed by atoms with Crippen molar-refractivity contribution in [1.82, 2.24) is 25.1 Å². The molecule has 31 heavy (non-hydrogen) atoms. The van der Waals surface area contributed by atoms with Crippen LogP contribution in [0, 0.1) is 0 Å². The lowest BCUT2D eigenvalue weighted by Crippen LogP contribution is -2.48. The van der Waals surface area contributed by atoms with Gasteiger partial charge in [0.2, 0.25) is 0 Å². The van der Waals surface area contributed by atoms with Crippen LogP contribution in [0.25, 0.3) is 10.9 Å². The van der Waals surface area contributed by atoms with E-state index in [4.69, 9.17) is 11.6 Å². The number of carbonyl (C=O) groups is 2. The molecule has 0 radical (unpaired) electrons. The molecule has 1 saturated heterocycles. The first kappa shape index (κ1) is 21.3. The van der Waals surface area contributed by atoms with Gasteiger partial charge in [0, 0.05) is 66.6 Å². The third kappa shape index (κ3) is 5.42. The molecule has 4 rings (SSSR count). The van der Waals surface area contributed by atoms with E-state index in [9.17, 15) is 9.59 Å². The van der Waals surface area contributed by atoms with Crippen LogP contribution >= 0.6 is 11.6 Å². The molecule has 3 heterocycles. The van der Waals surface area contributed by atoms with Crippen molar-refractivity contribution in [3.63, 3.8) is 0 Å². The van der Waals surface area contributed by atoms with Crippen molar-refractivity contribution in [3.8, 4) is 0 Å². The van der Waals surface area contributed by atoms with Crippen LogP contribution < -0.4 is 5.32 Å². The zero-order chi connectivity index (χ0) is 21.6. The van der Waals surface area contributed by atoms with Gasteiger partial charge in [0.05, 0.1) is 0 Å². The number of piperazine rings is 1. The molecule has 2 N–H and O–H groups in total. The van der Waals surface area contributed by atoms with E-state index in [0.717, 1.165) is 56.5 Å². The van der Waals surface area contributed by atoms with E-state index in [1.807, 2.05) is 23.1 Å². The molecule has 2 aromatic heterocycles. The SMILES string of the molecule is O=C(NCCCCN1CCN(C(=O)c2cccc(Cl)c2)CC1)c1cc2cnccc2[nH]1. The summed E-state index contributed by atoms with van der Waals surface area (Å²) in [5.41, 5.74) is 2.11. The van der Waals surface area contributed by atoms with Crippen molar-refractivity contribution < 1.29 is 9.59 Å². The zero-order valence-electron chi connectivity index (χ0n) is 17.3. The van der Waals surface area contributed by atoms with Gasteiger partial charge in [-0.1, -0.05) is 17.7 Å². The first-order valence-corrected chi connectivity index (χ1v) is 11.0. The predicted molar refractivity (Wildman–Crippen MR) is 121 cm³/mol. The van der Waals surface area contributed by atoms with Gasteiger partial charge >= 0.3 is 0 Å². The van der Waals surface area contributed by atoms with Crippen molar-refractivity contribution in [2.45, 2.75) is 12.8 Å². The summed E-state index contributed by atoms with van der Waals surface area (Å²) in [7, 11) is 0. The number of carbonyl (C=O) groups excluding carboxylic acids is 2. The molecule has 3 aromatic rings. The Hall–Kier alpha value is -2.90. The Morgan fingerprint density at radius 2 is 1.94 bits per heavy atom. The number of amides is 2. The number of halogens is 1. The molecule has 1 aromatic carbocycles. The van der Waals surface area contributed by atoms with Crippen molar-refractivity contribution in [1.29, 1.82) is 0 Å². The van der Waals surface area contributed by atoms with Gasteiger partial charge in [-0.2, -0.15) is 0 Å². The van der Waals surface area contributed by atoms with Crippen LogP contribution in [0.15, 0.2) is 48.8 Å². The lowest BCUT2D eigenvalue weighted by Gasteiger charge is -2.34. The summed E-state index contributed by atoms with van der Waals surface area (Å²) in [6.45, 7) is 4.77. The molecule has 0 aliphatic carbocycles. The van der Waals surface area contributed by atoms with E-state index in [0.29, 0.717) is 22.8 Å². The number of pyridine rings is 1. The number of benzene rings is 1. The molecular formula is C23H26ClN5O2. The average molecular weight is 440 g/mol. The van der Waals surface area contributed by atoms with Crippen LogP contribution in [-0.2, 0) is 0 Å². The fourth-order valence-corrected chi connectivity index (χ4v) is 4.02. The number of H-pyrrole nitrogens is 1. The van der Waals surface area contributed by atoms with E-state index in [1.54, 1.807) is 30.6 Å². The normalized spacial score (nSPS) is 14.7. The van der Waals surface area contributed by atoms with E-state index in [-0.39, 0.29) is 11.8 Å². The third-order valence-corrected chi connectivity index (χ3v) is 5.82. The molecular weight excluding hydrogens is 414 g/mol. The first-order valence-electron chi connectivity index (χ1n) is 10.6. The van der Waals surface area contributed by atoms with Gasteiger partial charge < -0.3 is 15.2 Å². The van der Waals surface area contributed by atoms with Gasteiger partial charge in [0.15, 0.2) is 0 Å². The molecule has 0 spiro atoms. The summed E-state index contributed by atoms with van der Waals surface area (Å²) in [5, 5.41) is 4.48.